The third-order valence-corrected chi connectivity index (χ3v) is 2.63. The van der Waals surface area contributed by atoms with Gasteiger partial charge in [0.05, 0.1) is 5.60 Å². The maximum Gasteiger partial charge on any atom is 0.0866 e. The average molecular weight is 158 g/mol. The first-order valence-electron chi connectivity index (χ1n) is 4.25. The SMILES string of the molecule is CC(C)(ON)C1CCNCC1. The van der Waals surface area contributed by atoms with Crippen molar-refractivity contribution in [1.29, 1.82) is 0 Å². The van der Waals surface area contributed by atoms with Crippen molar-refractivity contribution in [3.8, 4) is 0 Å². The molecule has 0 amide bonds. The Balaban J connectivity index is 2.43. The molecule has 0 unspecified atom stereocenters. The van der Waals surface area contributed by atoms with Crippen LogP contribution in [0.15, 0.2) is 0 Å². The van der Waals surface area contributed by atoms with Crippen molar-refractivity contribution in [2.45, 2.75) is 32.3 Å². The molecule has 0 aromatic carbocycles. The van der Waals surface area contributed by atoms with Gasteiger partial charge < -0.3 is 5.32 Å². The zero-order valence-corrected chi connectivity index (χ0v) is 7.39. The summed E-state index contributed by atoms with van der Waals surface area (Å²) in [5.74, 6) is 5.82. The smallest absolute Gasteiger partial charge is 0.0866 e. The van der Waals surface area contributed by atoms with Gasteiger partial charge in [0.1, 0.15) is 0 Å². The molecule has 1 saturated heterocycles. The van der Waals surface area contributed by atoms with Crippen molar-refractivity contribution in [1.82, 2.24) is 5.32 Å². The topological polar surface area (TPSA) is 47.3 Å². The van der Waals surface area contributed by atoms with Crippen LogP contribution in [0.1, 0.15) is 26.7 Å². The van der Waals surface area contributed by atoms with Crippen LogP contribution in [0.3, 0.4) is 0 Å². The molecule has 1 heterocycles. The van der Waals surface area contributed by atoms with Gasteiger partial charge in [-0.1, -0.05) is 0 Å². The fourth-order valence-electron chi connectivity index (χ4n) is 1.61. The van der Waals surface area contributed by atoms with Crippen LogP contribution in [0, 0.1) is 5.92 Å². The molecule has 1 aliphatic rings. The Bertz CT molecular complexity index is 119. The lowest BCUT2D eigenvalue weighted by Gasteiger charge is -2.35. The molecule has 0 aromatic rings. The Morgan fingerprint density at radius 1 is 1.36 bits per heavy atom. The summed E-state index contributed by atoms with van der Waals surface area (Å²) >= 11 is 0. The highest BCUT2D eigenvalue weighted by atomic mass is 16.6. The summed E-state index contributed by atoms with van der Waals surface area (Å²) in [6.45, 7) is 6.31. The first kappa shape index (κ1) is 8.97. The van der Waals surface area contributed by atoms with Crippen LogP contribution < -0.4 is 11.2 Å². The van der Waals surface area contributed by atoms with Crippen LogP contribution in [0.2, 0.25) is 0 Å². The van der Waals surface area contributed by atoms with Gasteiger partial charge in [-0.2, -0.15) is 0 Å². The van der Waals surface area contributed by atoms with Gasteiger partial charge in [-0.15, -0.1) is 0 Å². The fourth-order valence-corrected chi connectivity index (χ4v) is 1.61. The zero-order valence-electron chi connectivity index (χ0n) is 7.39. The predicted molar refractivity (Wildman–Crippen MR) is 44.9 cm³/mol. The predicted octanol–water partition coefficient (Wildman–Crippen LogP) is 0.655. The normalized spacial score (nSPS) is 22.1. The molecule has 1 rings (SSSR count). The van der Waals surface area contributed by atoms with Crippen LogP contribution in [0.25, 0.3) is 0 Å². The summed E-state index contributed by atoms with van der Waals surface area (Å²) in [7, 11) is 0. The molecule has 0 saturated carbocycles. The summed E-state index contributed by atoms with van der Waals surface area (Å²) in [5, 5.41) is 3.31. The molecule has 3 N–H and O–H groups in total. The van der Waals surface area contributed by atoms with Gasteiger partial charge in [-0.3, -0.25) is 4.84 Å². The van der Waals surface area contributed by atoms with Crippen LogP contribution in [0.4, 0.5) is 0 Å². The monoisotopic (exact) mass is 158 g/mol. The van der Waals surface area contributed by atoms with E-state index < -0.39 is 0 Å². The average Bonchev–Trinajstić information content (AvgIpc) is 2.06. The van der Waals surface area contributed by atoms with Gasteiger partial charge in [0.15, 0.2) is 0 Å². The molecule has 0 aliphatic carbocycles. The van der Waals surface area contributed by atoms with Crippen LogP contribution in [-0.2, 0) is 4.84 Å². The van der Waals surface area contributed by atoms with E-state index in [4.69, 9.17) is 10.7 Å². The number of nitrogens with two attached hydrogens (primary N) is 1. The molecule has 66 valence electrons. The van der Waals surface area contributed by atoms with E-state index in [9.17, 15) is 0 Å². The van der Waals surface area contributed by atoms with Crippen molar-refractivity contribution >= 4 is 0 Å². The molecule has 11 heavy (non-hydrogen) atoms. The Morgan fingerprint density at radius 3 is 2.36 bits per heavy atom. The zero-order chi connectivity index (χ0) is 8.32. The van der Waals surface area contributed by atoms with Crippen LogP contribution in [0.5, 0.6) is 0 Å². The minimum absolute atomic E-state index is 0.151. The molecular weight excluding hydrogens is 140 g/mol. The quantitative estimate of drug-likeness (QED) is 0.580. The van der Waals surface area contributed by atoms with E-state index in [0.29, 0.717) is 5.92 Å². The van der Waals surface area contributed by atoms with Gasteiger partial charge in [-0.25, -0.2) is 5.90 Å². The summed E-state index contributed by atoms with van der Waals surface area (Å²) in [6, 6.07) is 0. The molecule has 1 fully saturated rings. The standard InChI is InChI=1S/C8H18N2O/c1-8(2,11-9)7-3-5-10-6-4-7/h7,10H,3-6,9H2,1-2H3. The molecule has 3 heteroatoms. The van der Waals surface area contributed by atoms with Crippen molar-refractivity contribution in [2.24, 2.45) is 11.8 Å². The van der Waals surface area contributed by atoms with Gasteiger partial charge in [-0.05, 0) is 45.7 Å². The summed E-state index contributed by atoms with van der Waals surface area (Å²) < 4.78 is 0. The second-order valence-electron chi connectivity index (χ2n) is 3.75. The van der Waals surface area contributed by atoms with Crippen LogP contribution >= 0.6 is 0 Å². The first-order valence-corrected chi connectivity index (χ1v) is 4.25. The van der Waals surface area contributed by atoms with Gasteiger partial charge >= 0.3 is 0 Å². The molecule has 0 radical (unpaired) electrons. The van der Waals surface area contributed by atoms with E-state index in [2.05, 4.69) is 19.2 Å². The minimum Gasteiger partial charge on any atom is -0.317 e. The molecular formula is C8H18N2O. The van der Waals surface area contributed by atoms with E-state index in [1.54, 1.807) is 0 Å². The number of hydrogen-bond donors (Lipinski definition) is 2. The molecule has 0 atom stereocenters. The number of hydrogen-bond acceptors (Lipinski definition) is 3. The lowest BCUT2D eigenvalue weighted by atomic mass is 9.84. The second kappa shape index (κ2) is 3.52. The number of rotatable bonds is 2. The lowest BCUT2D eigenvalue weighted by molar-refractivity contribution is -0.0705. The van der Waals surface area contributed by atoms with E-state index in [-0.39, 0.29) is 5.60 Å². The van der Waals surface area contributed by atoms with E-state index in [0.717, 1.165) is 13.1 Å². The van der Waals surface area contributed by atoms with E-state index >= 15 is 0 Å². The summed E-state index contributed by atoms with van der Waals surface area (Å²) in [4.78, 5) is 4.95. The lowest BCUT2D eigenvalue weighted by Crippen LogP contribution is -2.43. The Kier molecular flexibility index (Phi) is 2.87. The van der Waals surface area contributed by atoms with Crippen molar-refractivity contribution in [3.63, 3.8) is 0 Å². The Hall–Kier alpha value is -0.120. The highest BCUT2D eigenvalue weighted by molar-refractivity contribution is 4.82. The second-order valence-corrected chi connectivity index (χ2v) is 3.75. The fraction of sp³-hybridized carbons (Fsp3) is 1.00. The Labute approximate surface area is 68.2 Å². The Morgan fingerprint density at radius 2 is 1.91 bits per heavy atom. The molecule has 0 spiro atoms. The summed E-state index contributed by atoms with van der Waals surface area (Å²) in [6.07, 6.45) is 2.34. The van der Waals surface area contributed by atoms with Crippen molar-refractivity contribution in [2.75, 3.05) is 13.1 Å². The molecule has 0 aromatic heterocycles. The van der Waals surface area contributed by atoms with Crippen molar-refractivity contribution < 1.29 is 4.84 Å². The summed E-state index contributed by atoms with van der Waals surface area (Å²) in [5.41, 5.74) is -0.151. The van der Waals surface area contributed by atoms with E-state index in [1.807, 2.05) is 0 Å². The van der Waals surface area contributed by atoms with Gasteiger partial charge in [0.25, 0.3) is 0 Å². The highest BCUT2D eigenvalue weighted by Gasteiger charge is 2.30. The minimum atomic E-state index is -0.151. The largest absolute Gasteiger partial charge is 0.317 e. The molecule has 3 nitrogen and oxygen atoms in total. The highest BCUT2D eigenvalue weighted by Crippen LogP contribution is 2.27. The van der Waals surface area contributed by atoms with E-state index in [1.165, 1.54) is 12.8 Å². The molecule has 1 aliphatic heterocycles. The third-order valence-electron chi connectivity index (χ3n) is 2.63. The van der Waals surface area contributed by atoms with Crippen molar-refractivity contribution in [3.05, 3.63) is 0 Å². The maximum atomic E-state index is 5.22. The first-order chi connectivity index (χ1) is 5.17. The van der Waals surface area contributed by atoms with Gasteiger partial charge in [0.2, 0.25) is 0 Å². The molecule has 0 bridgehead atoms. The number of piperidine rings is 1. The maximum absolute atomic E-state index is 5.22. The van der Waals surface area contributed by atoms with Crippen LogP contribution in [-0.4, -0.2) is 18.7 Å². The number of nitrogens with one attached hydrogen (secondary N) is 1. The third kappa shape index (κ3) is 2.15. The van der Waals surface area contributed by atoms with Gasteiger partial charge in [0, 0.05) is 0 Å².